The van der Waals surface area contributed by atoms with E-state index in [9.17, 15) is 0 Å². The van der Waals surface area contributed by atoms with Gasteiger partial charge in [-0.25, -0.2) is 0 Å². The minimum absolute atomic E-state index is 0.432. The van der Waals surface area contributed by atoms with Gasteiger partial charge in [-0.1, -0.05) is 5.16 Å². The molecule has 0 amide bonds. The summed E-state index contributed by atoms with van der Waals surface area (Å²) in [7, 11) is 0. The number of hydrogen-bond acceptors (Lipinski definition) is 5. The van der Waals surface area contributed by atoms with E-state index in [4.69, 9.17) is 9.78 Å². The lowest BCUT2D eigenvalue weighted by molar-refractivity contribution is 0.432. The maximum Gasteiger partial charge on any atom is 0.258 e. The van der Waals surface area contributed by atoms with Gasteiger partial charge in [-0.15, -0.1) is 0 Å². The largest absolute Gasteiger partial charge is 0.334 e. The summed E-state index contributed by atoms with van der Waals surface area (Å²) in [6.45, 7) is 3.86. The van der Waals surface area contributed by atoms with Crippen molar-refractivity contribution in [2.24, 2.45) is 0 Å². The van der Waals surface area contributed by atoms with Crippen LogP contribution in [0.2, 0.25) is 0 Å². The van der Waals surface area contributed by atoms with Gasteiger partial charge in [0.05, 0.1) is 11.6 Å². The molecule has 2 aromatic heterocycles. The second-order valence-electron chi connectivity index (χ2n) is 4.75. The summed E-state index contributed by atoms with van der Waals surface area (Å²) in [4.78, 5) is 8.73. The van der Waals surface area contributed by atoms with Crippen molar-refractivity contribution in [2.75, 3.05) is 0 Å². The summed E-state index contributed by atoms with van der Waals surface area (Å²) >= 11 is 0. The van der Waals surface area contributed by atoms with Crippen molar-refractivity contribution in [2.45, 2.75) is 13.8 Å². The number of nitrogens with zero attached hydrogens (tertiary/aromatic N) is 4. The van der Waals surface area contributed by atoms with Crippen LogP contribution >= 0.6 is 0 Å². The maximum absolute atomic E-state index is 8.80. The molecule has 5 heteroatoms. The summed E-state index contributed by atoms with van der Waals surface area (Å²) in [5.74, 6) is 0.963. The molecule has 0 unspecified atom stereocenters. The van der Waals surface area contributed by atoms with Crippen molar-refractivity contribution < 1.29 is 4.52 Å². The molecule has 0 aliphatic rings. The average molecular weight is 276 g/mol. The van der Waals surface area contributed by atoms with E-state index in [-0.39, 0.29) is 0 Å². The Bertz CT molecular complexity index is 808. The monoisotopic (exact) mass is 276 g/mol. The maximum atomic E-state index is 8.80. The molecule has 0 atom stereocenters. The lowest BCUT2D eigenvalue weighted by Gasteiger charge is -1.99. The number of aryl methyl sites for hydroxylation is 2. The Morgan fingerprint density at radius 2 is 1.62 bits per heavy atom. The van der Waals surface area contributed by atoms with Gasteiger partial charge in [0.1, 0.15) is 0 Å². The van der Waals surface area contributed by atoms with Gasteiger partial charge in [-0.3, -0.25) is 4.98 Å². The highest BCUT2D eigenvalue weighted by atomic mass is 16.5. The molecule has 0 aliphatic heterocycles. The van der Waals surface area contributed by atoms with Crippen LogP contribution in [0.5, 0.6) is 0 Å². The number of aromatic nitrogens is 3. The Labute approximate surface area is 121 Å². The zero-order valence-corrected chi connectivity index (χ0v) is 11.7. The molecule has 2 heterocycles. The molecule has 0 bridgehead atoms. The Balaban J connectivity index is 1.97. The fourth-order valence-electron chi connectivity index (χ4n) is 2.11. The molecule has 3 aromatic rings. The van der Waals surface area contributed by atoms with E-state index in [2.05, 4.69) is 21.2 Å². The van der Waals surface area contributed by atoms with Gasteiger partial charge in [-0.2, -0.15) is 10.2 Å². The third-order valence-corrected chi connectivity index (χ3v) is 3.03. The number of rotatable bonds is 2. The Morgan fingerprint density at radius 1 is 0.952 bits per heavy atom. The van der Waals surface area contributed by atoms with Gasteiger partial charge in [-0.05, 0) is 50.2 Å². The van der Waals surface area contributed by atoms with Gasteiger partial charge in [0, 0.05) is 22.5 Å². The van der Waals surface area contributed by atoms with Crippen LogP contribution in [0.15, 0.2) is 40.9 Å². The summed E-state index contributed by atoms with van der Waals surface area (Å²) in [5.41, 5.74) is 4.09. The fourth-order valence-corrected chi connectivity index (χ4v) is 2.11. The highest BCUT2D eigenvalue weighted by Crippen LogP contribution is 2.23. The molecule has 102 valence electrons. The molecule has 0 aliphatic carbocycles. The molecule has 1 aromatic carbocycles. The van der Waals surface area contributed by atoms with Crippen LogP contribution in [0.4, 0.5) is 0 Å². The highest BCUT2D eigenvalue weighted by molar-refractivity contribution is 5.60. The van der Waals surface area contributed by atoms with Crippen LogP contribution in [-0.4, -0.2) is 15.1 Å². The van der Waals surface area contributed by atoms with Crippen molar-refractivity contribution in [3.05, 3.63) is 53.3 Å². The predicted molar refractivity (Wildman–Crippen MR) is 77.2 cm³/mol. The molecular weight excluding hydrogens is 264 g/mol. The van der Waals surface area contributed by atoms with E-state index in [0.717, 1.165) is 22.5 Å². The third kappa shape index (κ3) is 2.65. The van der Waals surface area contributed by atoms with Crippen molar-refractivity contribution >= 4 is 0 Å². The smallest absolute Gasteiger partial charge is 0.258 e. The summed E-state index contributed by atoms with van der Waals surface area (Å²) in [6.07, 6.45) is 0. The van der Waals surface area contributed by atoms with Crippen LogP contribution < -0.4 is 0 Å². The number of pyridine rings is 1. The quantitative estimate of drug-likeness (QED) is 0.717. The normalized spacial score (nSPS) is 10.3. The van der Waals surface area contributed by atoms with Crippen LogP contribution in [0.25, 0.3) is 22.8 Å². The fraction of sp³-hybridized carbons (Fsp3) is 0.125. The third-order valence-electron chi connectivity index (χ3n) is 3.03. The zero-order valence-electron chi connectivity index (χ0n) is 11.7. The second kappa shape index (κ2) is 5.17. The average Bonchev–Trinajstić information content (AvgIpc) is 2.96. The van der Waals surface area contributed by atoms with Gasteiger partial charge in [0.25, 0.3) is 5.89 Å². The Kier molecular flexibility index (Phi) is 3.20. The molecule has 21 heavy (non-hydrogen) atoms. The van der Waals surface area contributed by atoms with Gasteiger partial charge in [0.2, 0.25) is 5.82 Å². The molecule has 0 N–H and O–H groups in total. The van der Waals surface area contributed by atoms with Crippen LogP contribution in [0.3, 0.4) is 0 Å². The van der Waals surface area contributed by atoms with Crippen molar-refractivity contribution in [1.29, 1.82) is 5.26 Å². The summed E-state index contributed by atoms with van der Waals surface area (Å²) in [6, 6.07) is 12.9. The SMILES string of the molecule is Cc1cc(-c2noc(-c3ccc(C#N)cc3)n2)cc(C)n1. The predicted octanol–water partition coefficient (Wildman–Crippen LogP) is 3.29. The molecule has 0 fully saturated rings. The molecule has 5 nitrogen and oxygen atoms in total. The number of benzene rings is 1. The van der Waals surface area contributed by atoms with E-state index >= 15 is 0 Å². The van der Waals surface area contributed by atoms with E-state index in [1.807, 2.05) is 26.0 Å². The van der Waals surface area contributed by atoms with E-state index in [1.165, 1.54) is 0 Å². The van der Waals surface area contributed by atoms with E-state index < -0.39 is 0 Å². The van der Waals surface area contributed by atoms with Crippen LogP contribution in [-0.2, 0) is 0 Å². The molecule has 0 saturated heterocycles. The summed E-state index contributed by atoms with van der Waals surface area (Å²) < 4.78 is 5.29. The van der Waals surface area contributed by atoms with Crippen LogP contribution in [0.1, 0.15) is 17.0 Å². The highest BCUT2D eigenvalue weighted by Gasteiger charge is 2.11. The first-order chi connectivity index (χ1) is 10.2. The molecular formula is C16H12N4O. The minimum atomic E-state index is 0.432. The summed E-state index contributed by atoms with van der Waals surface area (Å²) in [5, 5.41) is 12.8. The first kappa shape index (κ1) is 13.0. The molecule has 3 rings (SSSR count). The molecule has 0 spiro atoms. The van der Waals surface area contributed by atoms with Gasteiger partial charge >= 0.3 is 0 Å². The minimum Gasteiger partial charge on any atom is -0.334 e. The topological polar surface area (TPSA) is 75.6 Å². The molecule has 0 saturated carbocycles. The first-order valence-electron chi connectivity index (χ1n) is 6.45. The first-order valence-corrected chi connectivity index (χ1v) is 6.45. The van der Waals surface area contributed by atoms with Crippen LogP contribution in [0, 0.1) is 25.2 Å². The van der Waals surface area contributed by atoms with Gasteiger partial charge < -0.3 is 4.52 Å². The second-order valence-corrected chi connectivity index (χ2v) is 4.75. The Morgan fingerprint density at radius 3 is 2.24 bits per heavy atom. The van der Waals surface area contributed by atoms with Crippen molar-refractivity contribution in [3.8, 4) is 28.9 Å². The Hall–Kier alpha value is -3.00. The number of nitriles is 1. The van der Waals surface area contributed by atoms with E-state index in [0.29, 0.717) is 17.3 Å². The van der Waals surface area contributed by atoms with Crippen molar-refractivity contribution in [1.82, 2.24) is 15.1 Å². The van der Waals surface area contributed by atoms with Gasteiger partial charge in [0.15, 0.2) is 0 Å². The lowest BCUT2D eigenvalue weighted by atomic mass is 10.1. The molecule has 0 radical (unpaired) electrons. The van der Waals surface area contributed by atoms with Crippen molar-refractivity contribution in [3.63, 3.8) is 0 Å². The lowest BCUT2D eigenvalue weighted by Crippen LogP contribution is -1.89. The zero-order chi connectivity index (χ0) is 14.8. The standard InChI is InChI=1S/C16H12N4O/c1-10-7-14(8-11(2)18-10)15-19-16(21-20-15)13-5-3-12(9-17)4-6-13/h3-8H,1-2H3. The number of hydrogen-bond donors (Lipinski definition) is 0. The van der Waals surface area contributed by atoms with E-state index in [1.54, 1.807) is 24.3 Å².